The van der Waals surface area contributed by atoms with E-state index in [4.69, 9.17) is 10.3 Å². The molecule has 0 spiro atoms. The molecule has 0 unspecified atom stereocenters. The van der Waals surface area contributed by atoms with Crippen LogP contribution in [0.4, 0.5) is 0 Å². The third kappa shape index (κ3) is 2.43. The van der Waals surface area contributed by atoms with E-state index in [9.17, 15) is 0 Å². The number of rotatable bonds is 4. The third-order valence-corrected chi connectivity index (χ3v) is 2.74. The maximum Gasteiger partial charge on any atom is 0.277 e. The SMILES string of the molecule is CN(C)Cc1noc(-c2csc(CN)n2)n1. The molecule has 0 radical (unpaired) electrons. The van der Waals surface area contributed by atoms with Gasteiger partial charge in [-0.1, -0.05) is 5.16 Å². The Morgan fingerprint density at radius 2 is 2.25 bits per heavy atom. The first-order valence-electron chi connectivity index (χ1n) is 4.81. The Kier molecular flexibility index (Phi) is 3.28. The van der Waals surface area contributed by atoms with E-state index in [1.165, 1.54) is 11.3 Å². The summed E-state index contributed by atoms with van der Waals surface area (Å²) in [7, 11) is 3.90. The van der Waals surface area contributed by atoms with Crippen LogP contribution in [0.1, 0.15) is 10.8 Å². The number of hydrogen-bond acceptors (Lipinski definition) is 7. The summed E-state index contributed by atoms with van der Waals surface area (Å²) < 4.78 is 5.12. The highest BCUT2D eigenvalue weighted by atomic mass is 32.1. The van der Waals surface area contributed by atoms with Crippen LogP contribution in [0.25, 0.3) is 11.6 Å². The Balaban J connectivity index is 2.17. The Hall–Kier alpha value is -1.31. The van der Waals surface area contributed by atoms with Crippen molar-refractivity contribution in [2.24, 2.45) is 5.73 Å². The predicted molar refractivity (Wildman–Crippen MR) is 60.7 cm³/mol. The van der Waals surface area contributed by atoms with Gasteiger partial charge in [0.25, 0.3) is 5.89 Å². The molecule has 2 rings (SSSR count). The van der Waals surface area contributed by atoms with Crippen LogP contribution in [-0.2, 0) is 13.1 Å². The lowest BCUT2D eigenvalue weighted by atomic mass is 10.5. The van der Waals surface area contributed by atoms with Gasteiger partial charge >= 0.3 is 0 Å². The van der Waals surface area contributed by atoms with Crippen LogP contribution < -0.4 is 5.73 Å². The molecule has 0 bridgehead atoms. The molecule has 0 saturated carbocycles. The Labute approximate surface area is 97.1 Å². The zero-order valence-corrected chi connectivity index (χ0v) is 9.99. The number of nitrogens with zero attached hydrogens (tertiary/aromatic N) is 4. The third-order valence-electron chi connectivity index (χ3n) is 1.87. The van der Waals surface area contributed by atoms with Crippen molar-refractivity contribution in [2.45, 2.75) is 13.1 Å². The van der Waals surface area contributed by atoms with Crippen molar-refractivity contribution in [2.75, 3.05) is 14.1 Å². The summed E-state index contributed by atoms with van der Waals surface area (Å²) in [5, 5.41) is 6.61. The smallest absolute Gasteiger partial charge is 0.277 e. The molecule has 2 heterocycles. The summed E-state index contributed by atoms with van der Waals surface area (Å²) in [6.45, 7) is 1.08. The lowest BCUT2D eigenvalue weighted by Crippen LogP contribution is -2.11. The quantitative estimate of drug-likeness (QED) is 0.846. The van der Waals surface area contributed by atoms with Crippen molar-refractivity contribution >= 4 is 11.3 Å². The molecule has 0 aliphatic carbocycles. The molecule has 16 heavy (non-hydrogen) atoms. The Bertz CT molecular complexity index is 464. The lowest BCUT2D eigenvalue weighted by molar-refractivity contribution is 0.365. The minimum Gasteiger partial charge on any atom is -0.332 e. The molecule has 6 nitrogen and oxygen atoms in total. The van der Waals surface area contributed by atoms with E-state index in [-0.39, 0.29) is 0 Å². The minimum atomic E-state index is 0.434. The van der Waals surface area contributed by atoms with Crippen molar-refractivity contribution in [3.05, 3.63) is 16.2 Å². The van der Waals surface area contributed by atoms with Crippen LogP contribution in [0.15, 0.2) is 9.90 Å². The molecule has 0 saturated heterocycles. The van der Waals surface area contributed by atoms with Crippen molar-refractivity contribution in [1.29, 1.82) is 0 Å². The van der Waals surface area contributed by atoms with Crippen molar-refractivity contribution in [3.63, 3.8) is 0 Å². The molecule has 0 aliphatic rings. The van der Waals surface area contributed by atoms with Crippen molar-refractivity contribution in [1.82, 2.24) is 20.0 Å². The molecule has 2 N–H and O–H groups in total. The second-order valence-electron chi connectivity index (χ2n) is 3.58. The van der Waals surface area contributed by atoms with Crippen LogP contribution in [0.5, 0.6) is 0 Å². The summed E-state index contributed by atoms with van der Waals surface area (Å²) in [6, 6.07) is 0. The fourth-order valence-electron chi connectivity index (χ4n) is 1.21. The zero-order chi connectivity index (χ0) is 11.5. The highest BCUT2D eigenvalue weighted by molar-refractivity contribution is 7.09. The maximum atomic E-state index is 5.49. The summed E-state index contributed by atoms with van der Waals surface area (Å²) in [6.07, 6.45) is 0. The number of aromatic nitrogens is 3. The summed E-state index contributed by atoms with van der Waals surface area (Å²) in [5.74, 6) is 1.11. The summed E-state index contributed by atoms with van der Waals surface area (Å²) in [5.41, 5.74) is 6.18. The normalized spacial score (nSPS) is 11.2. The van der Waals surface area contributed by atoms with Gasteiger partial charge in [0.1, 0.15) is 10.7 Å². The lowest BCUT2D eigenvalue weighted by Gasteiger charge is -2.03. The van der Waals surface area contributed by atoms with E-state index in [2.05, 4.69) is 15.1 Å². The Morgan fingerprint density at radius 1 is 1.44 bits per heavy atom. The average Bonchev–Trinajstić information content (AvgIpc) is 2.83. The van der Waals surface area contributed by atoms with E-state index in [0.29, 0.717) is 30.5 Å². The van der Waals surface area contributed by atoms with E-state index in [0.717, 1.165) is 5.01 Å². The molecule has 0 fully saturated rings. The van der Waals surface area contributed by atoms with E-state index in [1.54, 1.807) is 0 Å². The van der Waals surface area contributed by atoms with Gasteiger partial charge in [0.2, 0.25) is 0 Å². The molecule has 0 amide bonds. The topological polar surface area (TPSA) is 81.1 Å². The molecule has 86 valence electrons. The highest BCUT2D eigenvalue weighted by Gasteiger charge is 2.12. The van der Waals surface area contributed by atoms with Gasteiger partial charge < -0.3 is 15.2 Å². The van der Waals surface area contributed by atoms with Crippen LogP contribution in [0, 0.1) is 0 Å². The van der Waals surface area contributed by atoms with Gasteiger partial charge in [-0.05, 0) is 14.1 Å². The van der Waals surface area contributed by atoms with Gasteiger partial charge in [0.15, 0.2) is 5.82 Å². The molecule has 7 heteroatoms. The standard InChI is InChI=1S/C9H13N5OS/c1-14(2)4-7-12-9(15-13-7)6-5-16-8(3-10)11-6/h5H,3-4,10H2,1-2H3. The largest absolute Gasteiger partial charge is 0.332 e. The average molecular weight is 239 g/mol. The van der Waals surface area contributed by atoms with Gasteiger partial charge in [0, 0.05) is 11.9 Å². The number of hydrogen-bond donors (Lipinski definition) is 1. The van der Waals surface area contributed by atoms with E-state index in [1.807, 2.05) is 24.4 Å². The van der Waals surface area contributed by atoms with Gasteiger partial charge in [-0.2, -0.15) is 4.98 Å². The second-order valence-corrected chi connectivity index (χ2v) is 4.53. The fraction of sp³-hybridized carbons (Fsp3) is 0.444. The first kappa shape index (κ1) is 11.2. The van der Waals surface area contributed by atoms with Gasteiger partial charge in [0.05, 0.1) is 6.54 Å². The number of thiazole rings is 1. The first-order valence-corrected chi connectivity index (χ1v) is 5.69. The summed E-state index contributed by atoms with van der Waals surface area (Å²) >= 11 is 1.49. The molecular weight excluding hydrogens is 226 g/mol. The van der Waals surface area contributed by atoms with Crippen LogP contribution in [0.3, 0.4) is 0 Å². The molecular formula is C9H13N5OS. The van der Waals surface area contributed by atoms with Crippen LogP contribution in [-0.4, -0.2) is 34.1 Å². The molecule has 0 aliphatic heterocycles. The van der Waals surface area contributed by atoms with Gasteiger partial charge in [-0.3, -0.25) is 0 Å². The summed E-state index contributed by atoms with van der Waals surface area (Å²) in [4.78, 5) is 10.5. The Morgan fingerprint density at radius 3 is 2.88 bits per heavy atom. The first-order chi connectivity index (χ1) is 7.69. The molecule has 2 aromatic rings. The van der Waals surface area contributed by atoms with Gasteiger partial charge in [-0.15, -0.1) is 11.3 Å². The van der Waals surface area contributed by atoms with Crippen molar-refractivity contribution < 1.29 is 4.52 Å². The predicted octanol–water partition coefficient (Wildman–Crippen LogP) is 0.713. The van der Waals surface area contributed by atoms with Crippen molar-refractivity contribution in [3.8, 4) is 11.6 Å². The van der Waals surface area contributed by atoms with E-state index >= 15 is 0 Å². The van der Waals surface area contributed by atoms with Gasteiger partial charge in [-0.25, -0.2) is 4.98 Å². The maximum absolute atomic E-state index is 5.49. The molecule has 2 aromatic heterocycles. The fourth-order valence-corrected chi connectivity index (χ4v) is 1.86. The number of nitrogens with two attached hydrogens (primary N) is 1. The van der Waals surface area contributed by atoms with Crippen LogP contribution >= 0.6 is 11.3 Å². The molecule has 0 aromatic carbocycles. The zero-order valence-electron chi connectivity index (χ0n) is 9.17. The van der Waals surface area contributed by atoms with Crippen LogP contribution in [0.2, 0.25) is 0 Å². The second kappa shape index (κ2) is 4.69. The highest BCUT2D eigenvalue weighted by Crippen LogP contribution is 2.19. The van der Waals surface area contributed by atoms with E-state index < -0.39 is 0 Å². The molecule has 0 atom stereocenters. The minimum absolute atomic E-state index is 0.434. The monoisotopic (exact) mass is 239 g/mol.